The van der Waals surface area contributed by atoms with E-state index in [1.165, 1.54) is 0 Å². The van der Waals surface area contributed by atoms with Gasteiger partial charge in [-0.2, -0.15) is 0 Å². The van der Waals surface area contributed by atoms with Gasteiger partial charge in [-0.05, 0) is 44.4 Å². The SMILES string of the molecule is Cc1cc(C)nc(NC(=O)CCCCC(=O)O)c1. The van der Waals surface area contributed by atoms with Crippen molar-refractivity contribution in [2.24, 2.45) is 0 Å². The summed E-state index contributed by atoms with van der Waals surface area (Å²) in [5, 5.41) is 11.2. The number of amides is 1. The van der Waals surface area contributed by atoms with E-state index >= 15 is 0 Å². The molecule has 1 rings (SSSR count). The summed E-state index contributed by atoms with van der Waals surface area (Å²) in [6.45, 7) is 3.81. The van der Waals surface area contributed by atoms with E-state index in [0.29, 0.717) is 25.1 Å². The van der Waals surface area contributed by atoms with E-state index in [1.807, 2.05) is 26.0 Å². The van der Waals surface area contributed by atoms with Gasteiger partial charge in [0, 0.05) is 18.5 Å². The Morgan fingerprint density at radius 3 is 2.50 bits per heavy atom. The first-order valence-corrected chi connectivity index (χ1v) is 5.94. The van der Waals surface area contributed by atoms with Crippen LogP contribution in [-0.4, -0.2) is 22.0 Å². The van der Waals surface area contributed by atoms with Crippen molar-refractivity contribution in [3.05, 3.63) is 23.4 Å². The van der Waals surface area contributed by atoms with E-state index in [0.717, 1.165) is 11.3 Å². The molecule has 0 radical (unpaired) electrons. The molecule has 0 spiro atoms. The smallest absolute Gasteiger partial charge is 0.303 e. The van der Waals surface area contributed by atoms with Gasteiger partial charge in [0.05, 0.1) is 0 Å². The first-order chi connectivity index (χ1) is 8.47. The number of hydrogen-bond acceptors (Lipinski definition) is 3. The molecule has 0 unspecified atom stereocenters. The van der Waals surface area contributed by atoms with Gasteiger partial charge in [-0.25, -0.2) is 4.98 Å². The molecule has 0 fully saturated rings. The average molecular weight is 250 g/mol. The lowest BCUT2D eigenvalue weighted by molar-refractivity contribution is -0.137. The Balaban J connectivity index is 2.37. The van der Waals surface area contributed by atoms with E-state index in [2.05, 4.69) is 10.3 Å². The second-order valence-corrected chi connectivity index (χ2v) is 4.32. The highest BCUT2D eigenvalue weighted by Crippen LogP contribution is 2.10. The molecule has 0 aliphatic carbocycles. The monoisotopic (exact) mass is 250 g/mol. The van der Waals surface area contributed by atoms with Gasteiger partial charge in [-0.15, -0.1) is 0 Å². The number of carbonyl (C=O) groups excluding carboxylic acids is 1. The summed E-state index contributed by atoms with van der Waals surface area (Å²) >= 11 is 0. The molecule has 1 aromatic rings. The van der Waals surface area contributed by atoms with E-state index in [-0.39, 0.29) is 12.3 Å². The van der Waals surface area contributed by atoms with Crippen molar-refractivity contribution in [2.75, 3.05) is 5.32 Å². The largest absolute Gasteiger partial charge is 0.481 e. The lowest BCUT2D eigenvalue weighted by Gasteiger charge is -2.06. The zero-order valence-corrected chi connectivity index (χ0v) is 10.7. The summed E-state index contributed by atoms with van der Waals surface area (Å²) in [5.74, 6) is -0.403. The number of nitrogens with zero attached hydrogens (tertiary/aromatic N) is 1. The number of nitrogens with one attached hydrogen (secondary N) is 1. The molecule has 0 atom stereocenters. The molecule has 0 aromatic carbocycles. The lowest BCUT2D eigenvalue weighted by Crippen LogP contribution is -2.13. The number of aromatic nitrogens is 1. The Bertz CT molecular complexity index is 424. The van der Waals surface area contributed by atoms with Crippen LogP contribution in [0, 0.1) is 13.8 Å². The lowest BCUT2D eigenvalue weighted by atomic mass is 10.2. The fraction of sp³-hybridized carbons (Fsp3) is 0.462. The summed E-state index contributed by atoms with van der Waals surface area (Å²) in [7, 11) is 0. The van der Waals surface area contributed by atoms with Crippen LogP contribution in [-0.2, 0) is 9.59 Å². The summed E-state index contributed by atoms with van der Waals surface area (Å²) in [4.78, 5) is 26.1. The third kappa shape index (κ3) is 5.43. The number of hydrogen-bond donors (Lipinski definition) is 2. The van der Waals surface area contributed by atoms with Gasteiger partial charge in [-0.1, -0.05) is 0 Å². The maximum atomic E-state index is 11.6. The molecule has 18 heavy (non-hydrogen) atoms. The molecule has 0 saturated carbocycles. The number of aliphatic carboxylic acids is 1. The fourth-order valence-electron chi connectivity index (χ4n) is 1.67. The average Bonchev–Trinajstić information content (AvgIpc) is 2.22. The minimum atomic E-state index is -0.827. The van der Waals surface area contributed by atoms with E-state index in [4.69, 9.17) is 5.11 Å². The van der Waals surface area contributed by atoms with Crippen LogP contribution in [0.5, 0.6) is 0 Å². The number of aryl methyl sites for hydroxylation is 2. The van der Waals surface area contributed by atoms with Crippen molar-refractivity contribution in [2.45, 2.75) is 39.5 Å². The second kappa shape index (κ2) is 6.74. The van der Waals surface area contributed by atoms with Crippen molar-refractivity contribution in [1.82, 2.24) is 4.98 Å². The van der Waals surface area contributed by atoms with Crippen LogP contribution < -0.4 is 5.32 Å². The highest BCUT2D eigenvalue weighted by molar-refractivity contribution is 5.89. The van der Waals surface area contributed by atoms with Crippen LogP contribution in [0.2, 0.25) is 0 Å². The standard InChI is InChI=1S/C13H18N2O3/c1-9-7-10(2)14-11(8-9)15-12(16)5-3-4-6-13(17)18/h7-8H,3-6H2,1-2H3,(H,17,18)(H,14,15,16). The number of unbranched alkanes of at least 4 members (excludes halogenated alkanes) is 1. The quantitative estimate of drug-likeness (QED) is 0.759. The van der Waals surface area contributed by atoms with Gasteiger partial charge in [0.25, 0.3) is 0 Å². The molecular weight excluding hydrogens is 232 g/mol. The minimum Gasteiger partial charge on any atom is -0.481 e. The number of anilines is 1. The topological polar surface area (TPSA) is 79.3 Å². The maximum Gasteiger partial charge on any atom is 0.303 e. The third-order valence-corrected chi connectivity index (χ3v) is 2.41. The van der Waals surface area contributed by atoms with Crippen molar-refractivity contribution in [3.63, 3.8) is 0 Å². The molecule has 1 aromatic heterocycles. The normalized spacial score (nSPS) is 10.1. The van der Waals surface area contributed by atoms with Crippen molar-refractivity contribution in [1.29, 1.82) is 0 Å². The molecule has 0 saturated heterocycles. The number of pyridine rings is 1. The Hall–Kier alpha value is -1.91. The Morgan fingerprint density at radius 2 is 1.89 bits per heavy atom. The number of carbonyl (C=O) groups is 2. The predicted octanol–water partition coefficient (Wildman–Crippen LogP) is 2.28. The van der Waals surface area contributed by atoms with Gasteiger partial charge in [0.1, 0.15) is 5.82 Å². The third-order valence-electron chi connectivity index (χ3n) is 2.41. The van der Waals surface area contributed by atoms with Crippen LogP contribution in [0.4, 0.5) is 5.82 Å². The Morgan fingerprint density at radius 1 is 1.22 bits per heavy atom. The van der Waals surface area contributed by atoms with Gasteiger partial charge >= 0.3 is 5.97 Å². The Labute approximate surface area is 106 Å². The number of carboxylic acid groups (broad SMARTS) is 1. The second-order valence-electron chi connectivity index (χ2n) is 4.32. The van der Waals surface area contributed by atoms with Crippen LogP contribution in [0.3, 0.4) is 0 Å². The minimum absolute atomic E-state index is 0.106. The molecule has 1 heterocycles. The summed E-state index contributed by atoms with van der Waals surface area (Å²) in [6, 6.07) is 3.74. The highest BCUT2D eigenvalue weighted by Gasteiger charge is 2.05. The molecule has 98 valence electrons. The molecular formula is C13H18N2O3. The number of rotatable bonds is 6. The molecule has 0 bridgehead atoms. The molecule has 5 heteroatoms. The summed E-state index contributed by atoms with van der Waals surface area (Å²) < 4.78 is 0. The van der Waals surface area contributed by atoms with E-state index in [1.54, 1.807) is 0 Å². The van der Waals surface area contributed by atoms with Gasteiger partial charge < -0.3 is 10.4 Å². The van der Waals surface area contributed by atoms with Crippen molar-refractivity contribution < 1.29 is 14.7 Å². The van der Waals surface area contributed by atoms with Crippen LogP contribution in [0.15, 0.2) is 12.1 Å². The zero-order valence-electron chi connectivity index (χ0n) is 10.7. The molecule has 1 amide bonds. The van der Waals surface area contributed by atoms with Crippen LogP contribution >= 0.6 is 0 Å². The first kappa shape index (κ1) is 14.2. The molecule has 5 nitrogen and oxygen atoms in total. The van der Waals surface area contributed by atoms with E-state index in [9.17, 15) is 9.59 Å². The molecule has 2 N–H and O–H groups in total. The van der Waals surface area contributed by atoms with E-state index < -0.39 is 5.97 Å². The Kier molecular flexibility index (Phi) is 5.30. The van der Waals surface area contributed by atoms with Gasteiger partial charge in [0.15, 0.2) is 0 Å². The van der Waals surface area contributed by atoms with Gasteiger partial charge in [-0.3, -0.25) is 9.59 Å². The maximum absolute atomic E-state index is 11.6. The zero-order chi connectivity index (χ0) is 13.5. The van der Waals surface area contributed by atoms with Crippen LogP contribution in [0.1, 0.15) is 36.9 Å². The van der Waals surface area contributed by atoms with Gasteiger partial charge in [0.2, 0.25) is 5.91 Å². The van der Waals surface area contributed by atoms with Crippen molar-refractivity contribution in [3.8, 4) is 0 Å². The van der Waals surface area contributed by atoms with Crippen LogP contribution in [0.25, 0.3) is 0 Å². The van der Waals surface area contributed by atoms with Crippen molar-refractivity contribution >= 4 is 17.7 Å². The first-order valence-electron chi connectivity index (χ1n) is 5.94. The highest BCUT2D eigenvalue weighted by atomic mass is 16.4. The predicted molar refractivity (Wildman–Crippen MR) is 68.4 cm³/mol. The summed E-state index contributed by atoms with van der Waals surface area (Å²) in [6.07, 6.45) is 1.52. The number of carboxylic acids is 1. The summed E-state index contributed by atoms with van der Waals surface area (Å²) in [5.41, 5.74) is 1.90. The fourth-order valence-corrected chi connectivity index (χ4v) is 1.67. The molecule has 0 aliphatic heterocycles. The molecule has 0 aliphatic rings.